The Labute approximate surface area is 137 Å². The van der Waals surface area contributed by atoms with Crippen molar-refractivity contribution in [1.29, 1.82) is 0 Å². The average Bonchev–Trinajstić information content (AvgIpc) is 2.48. The van der Waals surface area contributed by atoms with Crippen LogP contribution in [0.25, 0.3) is 0 Å². The van der Waals surface area contributed by atoms with Gasteiger partial charge in [0.2, 0.25) is 0 Å². The molecule has 0 saturated carbocycles. The van der Waals surface area contributed by atoms with Crippen molar-refractivity contribution >= 4 is 18.1 Å². The van der Waals surface area contributed by atoms with Crippen molar-refractivity contribution in [1.82, 2.24) is 4.90 Å². The Hall–Kier alpha value is -2.24. The number of aliphatic imine (C=N–C) groups is 1. The van der Waals surface area contributed by atoms with E-state index in [0.29, 0.717) is 13.1 Å². The lowest BCUT2D eigenvalue weighted by Crippen LogP contribution is -2.42. The second-order valence-corrected chi connectivity index (χ2v) is 6.67. The Morgan fingerprint density at radius 2 is 1.91 bits per heavy atom. The number of amides is 1. The summed E-state index contributed by atoms with van der Waals surface area (Å²) in [5.41, 5.74) is 0.415. The second-order valence-electron chi connectivity index (χ2n) is 6.67. The molecule has 1 fully saturated rings. The number of aromatic hydroxyl groups is 1. The number of nitrogens with one attached hydrogen (secondary N) is 1. The third-order valence-electron chi connectivity index (χ3n) is 3.50. The van der Waals surface area contributed by atoms with Crippen LogP contribution < -0.4 is 5.32 Å². The maximum absolute atomic E-state index is 12.0. The summed E-state index contributed by atoms with van der Waals surface area (Å²) in [7, 11) is 0. The van der Waals surface area contributed by atoms with Gasteiger partial charge in [-0.25, -0.2) is 4.79 Å². The Balaban J connectivity index is 1.75. The van der Waals surface area contributed by atoms with Gasteiger partial charge in [0.25, 0.3) is 0 Å². The molecular weight excluding hydrogens is 294 g/mol. The lowest BCUT2D eigenvalue weighted by atomic mass is 10.1. The summed E-state index contributed by atoms with van der Waals surface area (Å²) in [5, 5.41) is 12.3. The van der Waals surface area contributed by atoms with Crippen molar-refractivity contribution in [2.45, 2.75) is 45.3 Å². The van der Waals surface area contributed by atoms with E-state index in [1.165, 1.54) is 0 Å². The van der Waals surface area contributed by atoms with E-state index in [1.807, 2.05) is 20.8 Å². The molecule has 1 heterocycles. The summed E-state index contributed by atoms with van der Waals surface area (Å²) in [5.74, 6) is 0.238. The van der Waals surface area contributed by atoms with Crippen LogP contribution in [0.4, 0.5) is 10.5 Å². The van der Waals surface area contributed by atoms with Crippen LogP contribution in [0, 0.1) is 0 Å². The number of nitrogens with zero attached hydrogens (tertiary/aromatic N) is 2. The van der Waals surface area contributed by atoms with Gasteiger partial charge in [0, 0.05) is 18.8 Å². The molecule has 0 aromatic heterocycles. The Morgan fingerprint density at radius 1 is 1.30 bits per heavy atom. The van der Waals surface area contributed by atoms with Gasteiger partial charge in [0.15, 0.2) is 0 Å². The number of hydrogen-bond acceptors (Lipinski definition) is 4. The summed E-state index contributed by atoms with van der Waals surface area (Å²) >= 11 is 0. The molecule has 1 aliphatic heterocycles. The Bertz CT molecular complexity index is 541. The van der Waals surface area contributed by atoms with E-state index in [1.54, 1.807) is 35.5 Å². The monoisotopic (exact) mass is 319 g/mol. The minimum absolute atomic E-state index is 0.207. The van der Waals surface area contributed by atoms with Crippen LogP contribution in [-0.2, 0) is 4.74 Å². The minimum Gasteiger partial charge on any atom is -0.508 e. The molecule has 23 heavy (non-hydrogen) atoms. The van der Waals surface area contributed by atoms with Crippen molar-refractivity contribution in [3.63, 3.8) is 0 Å². The van der Waals surface area contributed by atoms with E-state index in [-0.39, 0.29) is 17.9 Å². The highest BCUT2D eigenvalue weighted by atomic mass is 16.6. The van der Waals surface area contributed by atoms with Gasteiger partial charge in [-0.2, -0.15) is 0 Å². The molecule has 0 unspecified atom stereocenters. The molecule has 1 aromatic rings. The molecule has 0 bridgehead atoms. The largest absolute Gasteiger partial charge is 0.508 e. The van der Waals surface area contributed by atoms with E-state index < -0.39 is 5.60 Å². The van der Waals surface area contributed by atoms with Crippen LogP contribution in [0.5, 0.6) is 5.75 Å². The number of ether oxygens (including phenoxy) is 1. The molecule has 2 N–H and O–H groups in total. The van der Waals surface area contributed by atoms with Gasteiger partial charge in [0.05, 0.1) is 12.4 Å². The van der Waals surface area contributed by atoms with Gasteiger partial charge in [-0.05, 0) is 57.9 Å². The Morgan fingerprint density at radius 3 is 2.48 bits per heavy atom. The number of hydrogen-bond donors (Lipinski definition) is 2. The van der Waals surface area contributed by atoms with Crippen LogP contribution in [0.2, 0.25) is 0 Å². The summed E-state index contributed by atoms with van der Waals surface area (Å²) < 4.78 is 5.38. The van der Waals surface area contributed by atoms with Crippen molar-refractivity contribution < 1.29 is 14.6 Å². The second kappa shape index (κ2) is 7.35. The highest BCUT2D eigenvalue weighted by Gasteiger charge is 2.26. The molecule has 0 radical (unpaired) electrons. The predicted octanol–water partition coefficient (Wildman–Crippen LogP) is 3.23. The summed E-state index contributed by atoms with van der Waals surface area (Å²) in [4.78, 5) is 18.2. The molecule has 1 saturated heterocycles. The van der Waals surface area contributed by atoms with Gasteiger partial charge >= 0.3 is 6.09 Å². The van der Waals surface area contributed by atoms with Crippen molar-refractivity contribution in [3.8, 4) is 5.75 Å². The molecule has 6 nitrogen and oxygen atoms in total. The highest BCUT2D eigenvalue weighted by molar-refractivity contribution is 5.75. The van der Waals surface area contributed by atoms with Gasteiger partial charge in [-0.3, -0.25) is 4.99 Å². The molecule has 1 aromatic carbocycles. The van der Waals surface area contributed by atoms with E-state index in [4.69, 9.17) is 4.74 Å². The number of phenols is 1. The quantitative estimate of drug-likeness (QED) is 0.509. The summed E-state index contributed by atoms with van der Waals surface area (Å²) in [6, 6.07) is 7.02. The molecule has 1 amide bonds. The first-order valence-electron chi connectivity index (χ1n) is 7.88. The van der Waals surface area contributed by atoms with Gasteiger partial charge in [-0.15, -0.1) is 0 Å². The fourth-order valence-corrected chi connectivity index (χ4v) is 2.30. The topological polar surface area (TPSA) is 74.2 Å². The summed E-state index contributed by atoms with van der Waals surface area (Å²) in [6.45, 7) is 6.94. The zero-order chi connectivity index (χ0) is 16.9. The molecule has 0 aliphatic carbocycles. The number of piperidine rings is 1. The van der Waals surface area contributed by atoms with Gasteiger partial charge in [0.1, 0.15) is 11.4 Å². The first-order chi connectivity index (χ1) is 10.8. The van der Waals surface area contributed by atoms with Crippen molar-refractivity contribution in [2.24, 2.45) is 4.99 Å². The molecule has 0 atom stereocenters. The molecule has 6 heteroatoms. The number of anilines is 1. The van der Waals surface area contributed by atoms with Crippen LogP contribution in [-0.4, -0.2) is 47.2 Å². The number of benzene rings is 1. The maximum Gasteiger partial charge on any atom is 0.410 e. The molecule has 2 rings (SSSR count). The van der Waals surface area contributed by atoms with Crippen LogP contribution in [0.3, 0.4) is 0 Å². The number of carbonyl (C=O) groups is 1. The van der Waals surface area contributed by atoms with E-state index in [9.17, 15) is 9.90 Å². The van der Waals surface area contributed by atoms with Crippen LogP contribution >= 0.6 is 0 Å². The standard InChI is InChI=1S/C17H25N3O3/c1-17(2,3)23-16(22)20-10-8-14(9-11-20)19-12-18-13-4-6-15(21)7-5-13/h4-7,12,14,21H,8-11H2,1-3H3,(H,18,19). The molecule has 1 aliphatic rings. The zero-order valence-electron chi connectivity index (χ0n) is 14.0. The Kier molecular flexibility index (Phi) is 5.47. The SMILES string of the molecule is CC(C)(C)OC(=O)N1CCC(N=CNc2ccc(O)cc2)CC1. The first kappa shape index (κ1) is 17.1. The third kappa shape index (κ3) is 5.81. The predicted molar refractivity (Wildman–Crippen MR) is 91.1 cm³/mol. The zero-order valence-corrected chi connectivity index (χ0v) is 14.0. The number of carbonyl (C=O) groups excluding carboxylic acids is 1. The van der Waals surface area contributed by atoms with Crippen molar-refractivity contribution in [3.05, 3.63) is 24.3 Å². The number of likely N-dealkylation sites (tertiary alicyclic amines) is 1. The average molecular weight is 319 g/mol. The van der Waals surface area contributed by atoms with Crippen molar-refractivity contribution in [2.75, 3.05) is 18.4 Å². The lowest BCUT2D eigenvalue weighted by molar-refractivity contribution is 0.0207. The smallest absolute Gasteiger partial charge is 0.410 e. The lowest BCUT2D eigenvalue weighted by Gasteiger charge is -2.32. The highest BCUT2D eigenvalue weighted by Crippen LogP contribution is 2.17. The van der Waals surface area contributed by atoms with E-state index in [0.717, 1.165) is 18.5 Å². The molecule has 126 valence electrons. The fourth-order valence-electron chi connectivity index (χ4n) is 2.30. The normalized spacial score (nSPS) is 16.6. The van der Waals surface area contributed by atoms with E-state index >= 15 is 0 Å². The van der Waals surface area contributed by atoms with Gasteiger partial charge < -0.3 is 20.1 Å². The van der Waals surface area contributed by atoms with Crippen LogP contribution in [0.15, 0.2) is 29.3 Å². The molecule has 0 spiro atoms. The number of phenolic OH excluding ortho intramolecular Hbond substituents is 1. The van der Waals surface area contributed by atoms with Gasteiger partial charge in [-0.1, -0.05) is 0 Å². The minimum atomic E-state index is -0.458. The van der Waals surface area contributed by atoms with E-state index in [2.05, 4.69) is 10.3 Å². The number of rotatable bonds is 3. The summed E-state index contributed by atoms with van der Waals surface area (Å²) in [6.07, 6.45) is 3.09. The molecular formula is C17H25N3O3. The first-order valence-corrected chi connectivity index (χ1v) is 7.88. The van der Waals surface area contributed by atoms with Crippen LogP contribution in [0.1, 0.15) is 33.6 Å². The fraction of sp³-hybridized carbons (Fsp3) is 0.529. The third-order valence-corrected chi connectivity index (χ3v) is 3.50. The maximum atomic E-state index is 12.0.